The van der Waals surface area contributed by atoms with Crippen molar-refractivity contribution in [3.05, 3.63) is 23.1 Å². The number of hydrogen-bond acceptors (Lipinski definition) is 4. The van der Waals surface area contributed by atoms with Crippen molar-refractivity contribution in [1.82, 2.24) is 4.98 Å². The van der Waals surface area contributed by atoms with E-state index in [4.69, 9.17) is 0 Å². The molecule has 0 fully saturated rings. The molecule has 0 amide bonds. The van der Waals surface area contributed by atoms with Gasteiger partial charge in [0.25, 0.3) is 6.43 Å². The maximum Gasteiger partial charge on any atom is 0.574 e. The van der Waals surface area contributed by atoms with E-state index in [0.29, 0.717) is 0 Å². The van der Waals surface area contributed by atoms with Crippen LogP contribution in [0, 0.1) is 5.95 Å². The van der Waals surface area contributed by atoms with E-state index in [1.807, 2.05) is 0 Å². The Bertz CT molecular complexity index is 488. The minimum absolute atomic E-state index is 0.226. The molecule has 0 radical (unpaired) electrons. The van der Waals surface area contributed by atoms with Crippen LogP contribution < -0.4 is 4.74 Å². The van der Waals surface area contributed by atoms with Crippen molar-refractivity contribution in [2.24, 2.45) is 0 Å². The molecule has 0 bridgehead atoms. The molecule has 1 heterocycles. The van der Waals surface area contributed by atoms with Gasteiger partial charge in [-0.15, -0.1) is 13.2 Å². The van der Waals surface area contributed by atoms with Crippen LogP contribution in [0.3, 0.4) is 0 Å². The Morgan fingerprint density at radius 1 is 1.37 bits per heavy atom. The highest BCUT2D eigenvalue weighted by Gasteiger charge is 2.34. The summed E-state index contributed by atoms with van der Waals surface area (Å²) in [6.07, 6.45) is -8.67. The van der Waals surface area contributed by atoms with Crippen LogP contribution >= 0.6 is 0 Å². The third-order valence-electron chi connectivity index (χ3n) is 1.83. The third-order valence-corrected chi connectivity index (χ3v) is 1.83. The number of aromatic nitrogens is 1. The maximum absolute atomic E-state index is 13.2. The second-order valence-electron chi connectivity index (χ2n) is 3.05. The fourth-order valence-corrected chi connectivity index (χ4v) is 1.16. The quantitative estimate of drug-likeness (QED) is 0.488. The Labute approximate surface area is 101 Å². The molecule has 1 aromatic rings. The van der Waals surface area contributed by atoms with Gasteiger partial charge in [-0.05, 0) is 0 Å². The third kappa shape index (κ3) is 3.73. The number of carbonyl (C=O) groups excluding carboxylic acids is 1. The minimum atomic E-state index is -5.21. The molecule has 4 nitrogen and oxygen atoms in total. The number of rotatable bonds is 3. The second kappa shape index (κ2) is 5.33. The zero-order chi connectivity index (χ0) is 14.8. The van der Waals surface area contributed by atoms with Crippen LogP contribution in [0.25, 0.3) is 0 Å². The Hall–Kier alpha value is -2.00. The summed E-state index contributed by atoms with van der Waals surface area (Å²) in [7, 11) is 0.792. The van der Waals surface area contributed by atoms with Gasteiger partial charge in [-0.2, -0.15) is 9.37 Å². The van der Waals surface area contributed by atoms with Gasteiger partial charge in [-0.3, -0.25) is 0 Å². The highest BCUT2D eigenvalue weighted by atomic mass is 19.4. The van der Waals surface area contributed by atoms with Crippen LogP contribution in [-0.4, -0.2) is 24.4 Å². The summed E-state index contributed by atoms with van der Waals surface area (Å²) in [5.41, 5.74) is -2.55. The zero-order valence-corrected chi connectivity index (χ0v) is 9.09. The molecule has 0 N–H and O–H groups in total. The number of alkyl halides is 5. The number of nitrogens with zero attached hydrogens (tertiary/aromatic N) is 1. The second-order valence-corrected chi connectivity index (χ2v) is 3.05. The molecule has 106 valence electrons. The summed E-state index contributed by atoms with van der Waals surface area (Å²) in [4.78, 5) is 13.7. The van der Waals surface area contributed by atoms with E-state index >= 15 is 0 Å². The first-order valence-corrected chi connectivity index (χ1v) is 4.48. The van der Waals surface area contributed by atoms with Gasteiger partial charge in [-0.1, -0.05) is 0 Å². The van der Waals surface area contributed by atoms with Crippen molar-refractivity contribution in [3.63, 3.8) is 0 Å². The molecule has 19 heavy (non-hydrogen) atoms. The molecule has 1 aromatic heterocycles. The maximum atomic E-state index is 13.2. The van der Waals surface area contributed by atoms with Crippen molar-refractivity contribution in [2.75, 3.05) is 7.11 Å². The SMILES string of the molecule is COC(=O)c1cc(OC(F)(F)F)nc(F)c1C(F)F. The predicted octanol–water partition coefficient (Wildman–Crippen LogP) is 2.84. The number of hydrogen-bond donors (Lipinski definition) is 0. The average Bonchev–Trinajstić information content (AvgIpc) is 2.24. The fourth-order valence-electron chi connectivity index (χ4n) is 1.16. The summed E-state index contributed by atoms with van der Waals surface area (Å²) < 4.78 is 81.2. The van der Waals surface area contributed by atoms with Crippen LogP contribution in [-0.2, 0) is 4.74 Å². The van der Waals surface area contributed by atoms with Gasteiger partial charge in [0.15, 0.2) is 0 Å². The summed E-state index contributed by atoms with van der Waals surface area (Å²) in [5, 5.41) is 0. The highest BCUT2D eigenvalue weighted by Crippen LogP contribution is 2.30. The van der Waals surface area contributed by atoms with Crippen molar-refractivity contribution < 1.29 is 40.6 Å². The Kier molecular flexibility index (Phi) is 4.22. The predicted molar refractivity (Wildman–Crippen MR) is 47.2 cm³/mol. The van der Waals surface area contributed by atoms with Crippen molar-refractivity contribution in [2.45, 2.75) is 12.8 Å². The zero-order valence-electron chi connectivity index (χ0n) is 9.09. The highest BCUT2D eigenvalue weighted by molar-refractivity contribution is 5.91. The smallest absolute Gasteiger partial charge is 0.465 e. The van der Waals surface area contributed by atoms with Crippen LogP contribution in [0.4, 0.5) is 26.3 Å². The average molecular weight is 289 g/mol. The Balaban J connectivity index is 3.35. The van der Waals surface area contributed by atoms with E-state index in [1.165, 1.54) is 0 Å². The molecular weight excluding hydrogens is 284 g/mol. The number of ether oxygens (including phenoxy) is 2. The lowest BCUT2D eigenvalue weighted by Crippen LogP contribution is -2.19. The molecule has 0 unspecified atom stereocenters. The molecule has 0 aliphatic carbocycles. The summed E-state index contributed by atoms with van der Waals surface area (Å²) in [6.45, 7) is 0. The van der Waals surface area contributed by atoms with Gasteiger partial charge < -0.3 is 9.47 Å². The summed E-state index contributed by atoms with van der Waals surface area (Å²) in [5.74, 6) is -4.77. The minimum Gasteiger partial charge on any atom is -0.465 e. The van der Waals surface area contributed by atoms with Gasteiger partial charge in [0.1, 0.15) is 0 Å². The topological polar surface area (TPSA) is 48.4 Å². The molecule has 0 saturated carbocycles. The first-order chi connectivity index (χ1) is 8.65. The molecule has 1 rings (SSSR count). The van der Waals surface area contributed by atoms with Crippen molar-refractivity contribution in [3.8, 4) is 5.88 Å². The number of carbonyl (C=O) groups is 1. The largest absolute Gasteiger partial charge is 0.574 e. The van der Waals surface area contributed by atoms with Gasteiger partial charge in [0.05, 0.1) is 18.2 Å². The van der Waals surface area contributed by atoms with Gasteiger partial charge in [0.2, 0.25) is 11.8 Å². The first kappa shape index (κ1) is 15.1. The van der Waals surface area contributed by atoms with E-state index in [1.54, 1.807) is 0 Å². The molecule has 0 saturated heterocycles. The molecule has 0 aromatic carbocycles. The van der Waals surface area contributed by atoms with E-state index < -0.39 is 41.7 Å². The van der Waals surface area contributed by atoms with Crippen molar-refractivity contribution in [1.29, 1.82) is 0 Å². The number of methoxy groups -OCH3 is 1. The summed E-state index contributed by atoms with van der Waals surface area (Å²) in [6, 6.07) is 0.226. The lowest BCUT2D eigenvalue weighted by atomic mass is 10.1. The van der Waals surface area contributed by atoms with Gasteiger partial charge in [-0.25, -0.2) is 13.6 Å². The fraction of sp³-hybridized carbons (Fsp3) is 0.333. The van der Waals surface area contributed by atoms with Crippen LogP contribution in [0.1, 0.15) is 22.3 Å². The monoisotopic (exact) mass is 289 g/mol. The van der Waals surface area contributed by atoms with Gasteiger partial charge >= 0.3 is 12.3 Å². The number of esters is 1. The van der Waals surface area contributed by atoms with Crippen LogP contribution in [0.5, 0.6) is 5.88 Å². The Morgan fingerprint density at radius 3 is 2.37 bits per heavy atom. The lowest BCUT2D eigenvalue weighted by Gasteiger charge is -2.12. The Morgan fingerprint density at radius 2 is 1.95 bits per heavy atom. The normalized spacial score (nSPS) is 11.6. The summed E-state index contributed by atoms with van der Waals surface area (Å²) >= 11 is 0. The van der Waals surface area contributed by atoms with Crippen LogP contribution in [0.2, 0.25) is 0 Å². The molecule has 0 atom stereocenters. The van der Waals surface area contributed by atoms with Gasteiger partial charge in [0, 0.05) is 6.07 Å². The van der Waals surface area contributed by atoms with E-state index in [0.717, 1.165) is 7.11 Å². The number of halogens is 6. The van der Waals surface area contributed by atoms with E-state index in [9.17, 15) is 31.1 Å². The molecule has 10 heteroatoms. The van der Waals surface area contributed by atoms with E-state index in [-0.39, 0.29) is 6.07 Å². The molecular formula is C9H5F6NO3. The standard InChI is InChI=1S/C9H5F6NO3/c1-18-8(17)3-2-4(19-9(13,14)15)16-7(12)5(3)6(10)11/h2,6H,1H3. The number of pyridine rings is 1. The van der Waals surface area contributed by atoms with E-state index in [2.05, 4.69) is 14.5 Å². The molecule has 0 spiro atoms. The molecule has 0 aliphatic rings. The van der Waals surface area contributed by atoms with Crippen molar-refractivity contribution >= 4 is 5.97 Å². The first-order valence-electron chi connectivity index (χ1n) is 4.48. The molecule has 0 aliphatic heterocycles. The lowest BCUT2D eigenvalue weighted by molar-refractivity contribution is -0.276. The van der Waals surface area contributed by atoms with Crippen LogP contribution in [0.15, 0.2) is 6.07 Å².